The summed E-state index contributed by atoms with van der Waals surface area (Å²) in [6, 6.07) is 14.5. The van der Waals surface area contributed by atoms with E-state index in [-0.39, 0.29) is 0 Å². The molecule has 0 radical (unpaired) electrons. The van der Waals surface area contributed by atoms with E-state index in [1.165, 1.54) is 16.5 Å². The number of nitrogens with zero attached hydrogens (tertiary/aromatic N) is 1. The lowest BCUT2D eigenvalue weighted by atomic mass is 10.1. The molecule has 0 unspecified atom stereocenters. The molecule has 3 heterocycles. The molecule has 19 heavy (non-hydrogen) atoms. The second kappa shape index (κ2) is 3.99. The number of aromatic nitrogens is 3. The fourth-order valence-corrected chi connectivity index (χ4v) is 2.62. The molecule has 4 aromatic rings. The van der Waals surface area contributed by atoms with Crippen molar-refractivity contribution in [3.8, 4) is 0 Å². The first-order valence-electron chi connectivity index (χ1n) is 6.39. The van der Waals surface area contributed by atoms with Crippen molar-refractivity contribution in [2.75, 3.05) is 0 Å². The molecule has 3 heteroatoms. The molecule has 0 atom stereocenters. The monoisotopic (exact) mass is 247 g/mol. The Kier molecular flexibility index (Phi) is 2.18. The van der Waals surface area contributed by atoms with Crippen molar-refractivity contribution in [2.45, 2.75) is 6.42 Å². The third kappa shape index (κ3) is 1.63. The van der Waals surface area contributed by atoms with E-state index in [0.29, 0.717) is 0 Å². The predicted octanol–water partition coefficient (Wildman–Crippen LogP) is 3.64. The van der Waals surface area contributed by atoms with Gasteiger partial charge in [-0.3, -0.25) is 4.98 Å². The number of aromatic amines is 2. The molecule has 0 aliphatic heterocycles. The maximum Gasteiger partial charge on any atom is 0.0713 e. The Morgan fingerprint density at radius 2 is 1.79 bits per heavy atom. The molecule has 2 N–H and O–H groups in total. The second-order valence-corrected chi connectivity index (χ2v) is 4.71. The molecule has 3 nitrogen and oxygen atoms in total. The van der Waals surface area contributed by atoms with Gasteiger partial charge in [0.15, 0.2) is 0 Å². The van der Waals surface area contributed by atoms with Crippen LogP contribution in [0.1, 0.15) is 11.4 Å². The number of nitrogens with one attached hydrogen (secondary N) is 2. The summed E-state index contributed by atoms with van der Waals surface area (Å²) in [5, 5.41) is 2.45. The van der Waals surface area contributed by atoms with E-state index < -0.39 is 0 Å². The van der Waals surface area contributed by atoms with E-state index in [4.69, 9.17) is 4.98 Å². The highest BCUT2D eigenvalue weighted by molar-refractivity contribution is 6.05. The normalized spacial score (nSPS) is 11.4. The Morgan fingerprint density at radius 1 is 0.842 bits per heavy atom. The van der Waals surface area contributed by atoms with Crippen molar-refractivity contribution in [1.82, 2.24) is 15.0 Å². The molecule has 0 aliphatic carbocycles. The zero-order chi connectivity index (χ0) is 12.7. The molecule has 3 aromatic heterocycles. The summed E-state index contributed by atoms with van der Waals surface area (Å²) in [5.41, 5.74) is 4.45. The van der Waals surface area contributed by atoms with Crippen LogP contribution < -0.4 is 0 Å². The third-order valence-electron chi connectivity index (χ3n) is 3.51. The lowest BCUT2D eigenvalue weighted by molar-refractivity contribution is 1.06. The fraction of sp³-hybridized carbons (Fsp3) is 0.0625. The van der Waals surface area contributed by atoms with Gasteiger partial charge in [0.25, 0.3) is 0 Å². The average Bonchev–Trinajstić information content (AvgIpc) is 3.09. The van der Waals surface area contributed by atoms with Gasteiger partial charge in [0.05, 0.1) is 16.7 Å². The highest BCUT2D eigenvalue weighted by atomic mass is 14.8. The first kappa shape index (κ1) is 10.4. The number of para-hydroxylation sites is 1. The largest absolute Gasteiger partial charge is 0.365 e. The molecule has 0 amide bonds. The fourth-order valence-electron chi connectivity index (χ4n) is 2.62. The molecule has 0 bridgehead atoms. The van der Waals surface area contributed by atoms with E-state index in [1.807, 2.05) is 24.5 Å². The van der Waals surface area contributed by atoms with Crippen molar-refractivity contribution < 1.29 is 0 Å². The molecular formula is C16H13N3. The van der Waals surface area contributed by atoms with Crippen LogP contribution in [0.3, 0.4) is 0 Å². The van der Waals surface area contributed by atoms with Crippen LogP contribution in [0, 0.1) is 0 Å². The Bertz CT molecular complexity index is 841. The van der Waals surface area contributed by atoms with Gasteiger partial charge < -0.3 is 9.97 Å². The second-order valence-electron chi connectivity index (χ2n) is 4.71. The van der Waals surface area contributed by atoms with E-state index in [1.54, 1.807) is 0 Å². The van der Waals surface area contributed by atoms with Gasteiger partial charge in [0, 0.05) is 35.3 Å². The van der Waals surface area contributed by atoms with Crippen LogP contribution in [0.5, 0.6) is 0 Å². The lowest BCUT2D eigenvalue weighted by Gasteiger charge is -2.05. The van der Waals surface area contributed by atoms with Crippen LogP contribution in [0.4, 0.5) is 0 Å². The summed E-state index contributed by atoms with van der Waals surface area (Å²) >= 11 is 0. The zero-order valence-electron chi connectivity index (χ0n) is 10.4. The van der Waals surface area contributed by atoms with Gasteiger partial charge in [-0.1, -0.05) is 18.2 Å². The van der Waals surface area contributed by atoms with Gasteiger partial charge in [0.2, 0.25) is 0 Å². The van der Waals surface area contributed by atoms with Crippen LogP contribution in [-0.4, -0.2) is 15.0 Å². The molecular weight excluding hydrogens is 234 g/mol. The molecule has 4 rings (SSSR count). The first-order chi connectivity index (χ1) is 9.42. The third-order valence-corrected chi connectivity index (χ3v) is 3.51. The van der Waals surface area contributed by atoms with Gasteiger partial charge in [-0.05, 0) is 24.3 Å². The predicted molar refractivity (Wildman–Crippen MR) is 77.2 cm³/mol. The molecule has 92 valence electrons. The lowest BCUT2D eigenvalue weighted by Crippen LogP contribution is -1.95. The van der Waals surface area contributed by atoms with E-state index in [9.17, 15) is 0 Å². The van der Waals surface area contributed by atoms with Crippen LogP contribution >= 0.6 is 0 Å². The smallest absolute Gasteiger partial charge is 0.0713 e. The molecule has 0 spiro atoms. The number of H-pyrrole nitrogens is 2. The van der Waals surface area contributed by atoms with E-state index >= 15 is 0 Å². The van der Waals surface area contributed by atoms with Crippen LogP contribution in [-0.2, 0) is 6.42 Å². The zero-order valence-corrected chi connectivity index (χ0v) is 10.4. The van der Waals surface area contributed by atoms with Gasteiger partial charge in [0.1, 0.15) is 0 Å². The number of benzene rings is 1. The van der Waals surface area contributed by atoms with E-state index in [2.05, 4.69) is 40.3 Å². The maximum absolute atomic E-state index is 4.80. The Morgan fingerprint density at radius 3 is 2.68 bits per heavy atom. The maximum atomic E-state index is 4.80. The summed E-state index contributed by atoms with van der Waals surface area (Å²) in [6.45, 7) is 0. The van der Waals surface area contributed by atoms with Crippen molar-refractivity contribution in [3.63, 3.8) is 0 Å². The van der Waals surface area contributed by atoms with Gasteiger partial charge in [-0.2, -0.15) is 0 Å². The highest BCUT2D eigenvalue weighted by Gasteiger charge is 2.09. The SMILES string of the molecule is c1c[nH]c(Cc2nc3ccccc3c3cc[nH]c23)c1. The summed E-state index contributed by atoms with van der Waals surface area (Å²) < 4.78 is 0. The van der Waals surface area contributed by atoms with Gasteiger partial charge in [-0.25, -0.2) is 0 Å². The molecule has 1 aromatic carbocycles. The summed E-state index contributed by atoms with van der Waals surface area (Å²) in [5.74, 6) is 0. The van der Waals surface area contributed by atoms with Crippen molar-refractivity contribution in [3.05, 3.63) is 66.2 Å². The summed E-state index contributed by atoms with van der Waals surface area (Å²) in [4.78, 5) is 11.4. The van der Waals surface area contributed by atoms with Crippen LogP contribution in [0.25, 0.3) is 21.8 Å². The minimum absolute atomic E-state index is 0.814. The topological polar surface area (TPSA) is 44.5 Å². The number of hydrogen-bond acceptors (Lipinski definition) is 1. The summed E-state index contributed by atoms with van der Waals surface area (Å²) in [7, 11) is 0. The number of rotatable bonds is 2. The Labute approximate surface area is 110 Å². The first-order valence-corrected chi connectivity index (χ1v) is 6.39. The van der Waals surface area contributed by atoms with Crippen molar-refractivity contribution >= 4 is 21.8 Å². The minimum atomic E-state index is 0.814. The molecule has 0 aliphatic rings. The number of hydrogen-bond donors (Lipinski definition) is 2. The van der Waals surface area contributed by atoms with E-state index in [0.717, 1.165) is 23.1 Å². The number of pyridine rings is 1. The molecule has 0 saturated carbocycles. The standard InChI is InChI=1S/C16H13N3/c1-2-6-14-12(5-1)13-7-9-18-16(13)15(19-14)10-11-4-3-8-17-11/h1-9,17-18H,10H2. The van der Waals surface area contributed by atoms with Crippen LogP contribution in [0.15, 0.2) is 54.9 Å². The van der Waals surface area contributed by atoms with Crippen molar-refractivity contribution in [1.29, 1.82) is 0 Å². The van der Waals surface area contributed by atoms with Crippen LogP contribution in [0.2, 0.25) is 0 Å². The van der Waals surface area contributed by atoms with Gasteiger partial charge in [-0.15, -0.1) is 0 Å². The minimum Gasteiger partial charge on any atom is -0.365 e. The number of fused-ring (bicyclic) bond motifs is 3. The Hall–Kier alpha value is -2.55. The molecule has 0 saturated heterocycles. The highest BCUT2D eigenvalue weighted by Crippen LogP contribution is 2.26. The quantitative estimate of drug-likeness (QED) is 0.558. The molecule has 0 fully saturated rings. The average molecular weight is 247 g/mol. The van der Waals surface area contributed by atoms with Gasteiger partial charge >= 0.3 is 0 Å². The Balaban J connectivity index is 1.99. The summed E-state index contributed by atoms with van der Waals surface area (Å²) in [6.07, 6.45) is 4.74. The van der Waals surface area contributed by atoms with Crippen molar-refractivity contribution in [2.24, 2.45) is 0 Å².